The second-order valence-electron chi connectivity index (χ2n) is 6.27. The van der Waals surface area contributed by atoms with Gasteiger partial charge in [0.2, 0.25) is 10.0 Å². The van der Waals surface area contributed by atoms with E-state index in [1.54, 1.807) is 0 Å². The fourth-order valence-corrected chi connectivity index (χ4v) is 3.62. The van der Waals surface area contributed by atoms with Gasteiger partial charge < -0.3 is 10.1 Å². The third kappa shape index (κ3) is 6.60. The summed E-state index contributed by atoms with van der Waals surface area (Å²) in [5.74, 6) is -1.49. The molecule has 10 nitrogen and oxygen atoms in total. The molecule has 0 spiro atoms. The summed E-state index contributed by atoms with van der Waals surface area (Å²) in [5, 5.41) is 13.0. The summed E-state index contributed by atoms with van der Waals surface area (Å²) in [5.41, 5.74) is 0.607. The number of ether oxygens (including phenoxy) is 1. The lowest BCUT2D eigenvalue weighted by Crippen LogP contribution is -2.23. The molecule has 0 radical (unpaired) electrons. The van der Waals surface area contributed by atoms with Gasteiger partial charge >= 0.3 is 5.97 Å². The maximum atomic E-state index is 12.3. The average molecular weight is 468 g/mol. The van der Waals surface area contributed by atoms with Gasteiger partial charge in [-0.3, -0.25) is 14.9 Å². The number of benzene rings is 2. The van der Waals surface area contributed by atoms with Gasteiger partial charge in [-0.15, -0.1) is 0 Å². The van der Waals surface area contributed by atoms with Crippen LogP contribution in [-0.4, -0.2) is 50.2 Å². The van der Waals surface area contributed by atoms with E-state index >= 15 is 0 Å². The number of carbonyl (C=O) groups excluding carboxylic acids is 2. The molecule has 0 saturated carbocycles. The number of hydrogen-bond acceptors (Lipinski definition) is 7. The Labute approximate surface area is 183 Å². The molecule has 0 bridgehead atoms. The van der Waals surface area contributed by atoms with Crippen LogP contribution in [0.1, 0.15) is 5.56 Å². The molecule has 0 heterocycles. The van der Waals surface area contributed by atoms with Crippen molar-refractivity contribution < 1.29 is 27.7 Å². The highest BCUT2D eigenvalue weighted by atomic mass is 35.5. The number of nitrogens with one attached hydrogen (secondary N) is 1. The van der Waals surface area contributed by atoms with Gasteiger partial charge in [-0.2, -0.15) is 0 Å². The molecule has 0 atom stereocenters. The minimum absolute atomic E-state index is 0.00509. The summed E-state index contributed by atoms with van der Waals surface area (Å²) in [6.07, 6.45) is 2.44. The maximum Gasteiger partial charge on any atom is 0.331 e. The quantitative estimate of drug-likeness (QED) is 0.273. The molecule has 164 valence electrons. The Hall–Kier alpha value is -3.28. The number of nitro groups is 1. The summed E-state index contributed by atoms with van der Waals surface area (Å²) in [7, 11) is -1.12. The van der Waals surface area contributed by atoms with Crippen molar-refractivity contribution in [3.8, 4) is 0 Å². The molecule has 1 amide bonds. The Bertz CT molecular complexity index is 1130. The van der Waals surface area contributed by atoms with E-state index in [0.29, 0.717) is 5.56 Å². The van der Waals surface area contributed by atoms with Gasteiger partial charge in [0.05, 0.1) is 9.95 Å². The van der Waals surface area contributed by atoms with Crippen molar-refractivity contribution in [1.82, 2.24) is 4.31 Å². The van der Waals surface area contributed by atoms with Crippen LogP contribution in [0.25, 0.3) is 6.08 Å². The van der Waals surface area contributed by atoms with Crippen LogP contribution in [0.3, 0.4) is 0 Å². The third-order valence-electron chi connectivity index (χ3n) is 3.83. The fourth-order valence-electron chi connectivity index (χ4n) is 2.23. The zero-order chi connectivity index (χ0) is 23.2. The lowest BCUT2D eigenvalue weighted by Gasteiger charge is -2.14. The van der Waals surface area contributed by atoms with Crippen LogP contribution in [0.2, 0.25) is 5.02 Å². The van der Waals surface area contributed by atoms with Gasteiger partial charge in [0.15, 0.2) is 6.61 Å². The Morgan fingerprint density at radius 2 is 1.84 bits per heavy atom. The Morgan fingerprint density at radius 3 is 2.42 bits per heavy atom. The van der Waals surface area contributed by atoms with Gasteiger partial charge in [-0.05, 0) is 42.0 Å². The first-order chi connectivity index (χ1) is 14.5. The van der Waals surface area contributed by atoms with E-state index in [4.69, 9.17) is 16.3 Å². The van der Waals surface area contributed by atoms with Crippen molar-refractivity contribution >= 4 is 51.0 Å². The summed E-state index contributed by atoms with van der Waals surface area (Å²) in [4.78, 5) is 33.6. The summed E-state index contributed by atoms with van der Waals surface area (Å²) >= 11 is 5.94. The van der Waals surface area contributed by atoms with Gasteiger partial charge in [0.25, 0.3) is 11.6 Å². The van der Waals surface area contributed by atoms with E-state index in [-0.39, 0.29) is 21.3 Å². The lowest BCUT2D eigenvalue weighted by atomic mass is 10.2. The van der Waals surface area contributed by atoms with Gasteiger partial charge in [-0.1, -0.05) is 11.6 Å². The van der Waals surface area contributed by atoms with Crippen molar-refractivity contribution in [1.29, 1.82) is 0 Å². The molecule has 0 unspecified atom stereocenters. The smallest absolute Gasteiger partial charge is 0.331 e. The van der Waals surface area contributed by atoms with Crippen molar-refractivity contribution in [2.75, 3.05) is 26.0 Å². The zero-order valence-corrected chi connectivity index (χ0v) is 18.0. The zero-order valence-electron chi connectivity index (χ0n) is 16.4. The topological polar surface area (TPSA) is 136 Å². The Balaban J connectivity index is 1.94. The molecular weight excluding hydrogens is 450 g/mol. The average Bonchev–Trinajstić information content (AvgIpc) is 2.72. The molecule has 31 heavy (non-hydrogen) atoms. The molecule has 0 aliphatic rings. The van der Waals surface area contributed by atoms with E-state index in [2.05, 4.69) is 5.32 Å². The molecule has 2 aromatic carbocycles. The van der Waals surface area contributed by atoms with Gasteiger partial charge in [-0.25, -0.2) is 17.5 Å². The predicted octanol–water partition coefficient (Wildman–Crippen LogP) is 2.69. The molecule has 1 N–H and O–H groups in total. The maximum absolute atomic E-state index is 12.3. The number of anilines is 1. The standard InChI is InChI=1S/C19H18ClN3O7S/c1-22(2)31(28,29)17-11-14(6-9-16(17)20)21-18(24)12-30-19(25)10-5-13-3-7-15(8-4-13)23(26)27/h3-11H,12H2,1-2H3,(H,21,24)/b10-5+. The number of rotatable bonds is 8. The molecule has 12 heteroatoms. The highest BCUT2D eigenvalue weighted by molar-refractivity contribution is 7.89. The fraction of sp³-hybridized carbons (Fsp3) is 0.158. The van der Waals surface area contributed by atoms with Crippen LogP contribution in [0.5, 0.6) is 0 Å². The number of non-ortho nitro benzene ring substituents is 1. The van der Waals surface area contributed by atoms with Crippen molar-refractivity contribution in [2.24, 2.45) is 0 Å². The largest absolute Gasteiger partial charge is 0.452 e. The Kier molecular flexibility index (Phi) is 7.86. The lowest BCUT2D eigenvalue weighted by molar-refractivity contribution is -0.384. The van der Waals surface area contributed by atoms with Crippen LogP contribution in [0, 0.1) is 10.1 Å². The monoisotopic (exact) mass is 467 g/mol. The van der Waals surface area contributed by atoms with Crippen LogP contribution < -0.4 is 5.32 Å². The van der Waals surface area contributed by atoms with E-state index in [1.165, 1.54) is 62.6 Å². The molecule has 0 saturated heterocycles. The first-order valence-corrected chi connectivity index (χ1v) is 10.4. The molecule has 0 aromatic heterocycles. The number of sulfonamides is 1. The molecule has 0 fully saturated rings. The van der Waals surface area contributed by atoms with Crippen molar-refractivity contribution in [3.63, 3.8) is 0 Å². The SMILES string of the molecule is CN(C)S(=O)(=O)c1cc(NC(=O)COC(=O)/C=C/c2ccc([N+](=O)[O-])cc2)ccc1Cl. The minimum Gasteiger partial charge on any atom is -0.452 e. The molecule has 2 rings (SSSR count). The number of nitro benzene ring substituents is 1. The second-order valence-corrected chi connectivity index (χ2v) is 8.80. The van der Waals surface area contributed by atoms with E-state index in [0.717, 1.165) is 10.4 Å². The predicted molar refractivity (Wildman–Crippen MR) is 114 cm³/mol. The van der Waals surface area contributed by atoms with E-state index in [9.17, 15) is 28.1 Å². The minimum atomic E-state index is -3.81. The second kappa shape index (κ2) is 10.2. The van der Waals surface area contributed by atoms with Crippen LogP contribution in [0.15, 0.2) is 53.4 Å². The number of amides is 1. The van der Waals surface area contributed by atoms with Crippen LogP contribution in [0.4, 0.5) is 11.4 Å². The summed E-state index contributed by atoms with van der Waals surface area (Å²) < 4.78 is 30.3. The Morgan fingerprint density at radius 1 is 1.19 bits per heavy atom. The number of nitrogens with zero attached hydrogens (tertiary/aromatic N) is 2. The molecule has 2 aromatic rings. The van der Waals surface area contributed by atoms with Crippen molar-refractivity contribution in [3.05, 3.63) is 69.2 Å². The molecule has 0 aliphatic heterocycles. The number of hydrogen-bond donors (Lipinski definition) is 1. The number of esters is 1. The summed E-state index contributed by atoms with van der Waals surface area (Å²) in [6.45, 7) is -0.609. The van der Waals surface area contributed by atoms with E-state index < -0.39 is 33.4 Å². The van der Waals surface area contributed by atoms with E-state index in [1.807, 2.05) is 0 Å². The number of carbonyl (C=O) groups is 2. The molecule has 0 aliphatic carbocycles. The first-order valence-electron chi connectivity index (χ1n) is 8.62. The third-order valence-corrected chi connectivity index (χ3v) is 6.13. The van der Waals surface area contributed by atoms with Gasteiger partial charge in [0, 0.05) is 38.0 Å². The van der Waals surface area contributed by atoms with Crippen molar-refractivity contribution in [2.45, 2.75) is 4.90 Å². The van der Waals surface area contributed by atoms with Gasteiger partial charge in [0.1, 0.15) is 4.90 Å². The first kappa shape index (κ1) is 24.0. The normalized spacial score (nSPS) is 11.5. The molecular formula is C19H18ClN3O7S. The highest BCUT2D eigenvalue weighted by Crippen LogP contribution is 2.26. The number of halogens is 1. The summed E-state index contributed by atoms with van der Waals surface area (Å²) in [6, 6.07) is 9.41. The van der Waals surface area contributed by atoms with Crippen LogP contribution >= 0.6 is 11.6 Å². The highest BCUT2D eigenvalue weighted by Gasteiger charge is 2.21. The van der Waals surface area contributed by atoms with Crippen LogP contribution in [-0.2, 0) is 24.3 Å².